The third-order valence-electron chi connectivity index (χ3n) is 1.72. The molecule has 0 fully saturated rings. The zero-order valence-electron chi connectivity index (χ0n) is 7.31. The van der Waals surface area contributed by atoms with E-state index < -0.39 is 23.0 Å². The molecule has 0 aliphatic rings. The zero-order chi connectivity index (χ0) is 10.2. The van der Waals surface area contributed by atoms with Gasteiger partial charge in [0.25, 0.3) is 0 Å². The predicted molar refractivity (Wildman–Crippen MR) is 43.3 cm³/mol. The Labute approximate surface area is 74.4 Å². The largest absolute Gasteiger partial charge is 0.505 e. The molecule has 0 heterocycles. The Morgan fingerprint density at radius 2 is 1.69 bits per heavy atom. The summed E-state index contributed by atoms with van der Waals surface area (Å²) in [6.45, 7) is 2.67. The Morgan fingerprint density at radius 1 is 1.15 bits per heavy atom. The average Bonchev–Trinajstić information content (AvgIpc) is 1.98. The van der Waals surface area contributed by atoms with Gasteiger partial charge in [-0.2, -0.15) is 4.39 Å². The fourth-order valence-corrected chi connectivity index (χ4v) is 1.01. The Balaban J connectivity index is 3.35. The summed E-state index contributed by atoms with van der Waals surface area (Å²) >= 11 is 0. The van der Waals surface area contributed by atoms with Gasteiger partial charge in [0.15, 0.2) is 11.6 Å². The van der Waals surface area contributed by atoms with Gasteiger partial charge in [-0.25, -0.2) is 4.39 Å². The van der Waals surface area contributed by atoms with E-state index in [1.165, 1.54) is 13.8 Å². The first-order chi connectivity index (χ1) is 5.84. The van der Waals surface area contributed by atoms with E-state index in [0.29, 0.717) is 0 Å². The molecule has 0 aliphatic heterocycles. The van der Waals surface area contributed by atoms with Crippen molar-refractivity contribution >= 4 is 0 Å². The summed E-state index contributed by atoms with van der Waals surface area (Å²) in [5.74, 6) is -3.31. The maximum atomic E-state index is 13.1. The molecular weight excluding hydrogens is 178 g/mol. The van der Waals surface area contributed by atoms with Crippen LogP contribution in [0.15, 0.2) is 12.1 Å². The van der Waals surface area contributed by atoms with Crippen LogP contribution in [0, 0.1) is 11.6 Å². The number of aromatic hydroxyl groups is 1. The van der Waals surface area contributed by atoms with Crippen LogP contribution < -0.4 is 0 Å². The lowest BCUT2D eigenvalue weighted by Crippen LogP contribution is -2.18. The predicted octanol–water partition coefficient (Wildman–Crippen LogP) is 1.90. The molecule has 4 heteroatoms. The van der Waals surface area contributed by atoms with Crippen LogP contribution in [0.25, 0.3) is 0 Å². The second-order valence-electron chi connectivity index (χ2n) is 3.32. The van der Waals surface area contributed by atoms with Gasteiger partial charge in [-0.15, -0.1) is 0 Å². The highest BCUT2D eigenvalue weighted by molar-refractivity contribution is 5.32. The highest BCUT2D eigenvalue weighted by Crippen LogP contribution is 2.28. The summed E-state index contributed by atoms with van der Waals surface area (Å²) in [5, 5.41) is 18.2. The molecule has 0 radical (unpaired) electrons. The number of rotatable bonds is 1. The van der Waals surface area contributed by atoms with E-state index in [-0.39, 0.29) is 5.56 Å². The molecule has 0 saturated carbocycles. The van der Waals surface area contributed by atoms with Crippen molar-refractivity contribution in [1.29, 1.82) is 0 Å². The highest BCUT2D eigenvalue weighted by atomic mass is 19.2. The molecule has 2 nitrogen and oxygen atoms in total. The average molecular weight is 188 g/mol. The Bertz CT molecular complexity index is 329. The number of phenolic OH excluding ortho intramolecular Hbond substituents is 1. The topological polar surface area (TPSA) is 40.5 Å². The van der Waals surface area contributed by atoms with Crippen molar-refractivity contribution in [3.8, 4) is 5.75 Å². The summed E-state index contributed by atoms with van der Waals surface area (Å²) in [4.78, 5) is 0. The molecule has 0 unspecified atom stereocenters. The van der Waals surface area contributed by atoms with Gasteiger partial charge in [0.05, 0.1) is 5.60 Å². The minimum atomic E-state index is -1.46. The standard InChI is InChI=1S/C9H10F2O2/c1-9(2,13)5-3-4-6(12)8(11)7(5)10/h3-4,12-13H,1-2H3. The number of hydrogen-bond acceptors (Lipinski definition) is 2. The Morgan fingerprint density at radius 3 is 2.15 bits per heavy atom. The van der Waals surface area contributed by atoms with Gasteiger partial charge in [-0.05, 0) is 26.0 Å². The third kappa shape index (κ3) is 1.78. The fourth-order valence-electron chi connectivity index (χ4n) is 1.01. The van der Waals surface area contributed by atoms with E-state index >= 15 is 0 Å². The van der Waals surface area contributed by atoms with Crippen LogP contribution in [-0.4, -0.2) is 10.2 Å². The van der Waals surface area contributed by atoms with Crippen molar-refractivity contribution in [3.63, 3.8) is 0 Å². The van der Waals surface area contributed by atoms with Crippen molar-refractivity contribution < 1.29 is 19.0 Å². The first-order valence-electron chi connectivity index (χ1n) is 3.74. The summed E-state index contributed by atoms with van der Waals surface area (Å²) < 4.78 is 25.8. The van der Waals surface area contributed by atoms with Gasteiger partial charge >= 0.3 is 0 Å². The molecule has 72 valence electrons. The van der Waals surface area contributed by atoms with Crippen LogP contribution in [0.2, 0.25) is 0 Å². The number of phenols is 1. The summed E-state index contributed by atoms with van der Waals surface area (Å²) in [5.41, 5.74) is -1.64. The summed E-state index contributed by atoms with van der Waals surface area (Å²) in [6.07, 6.45) is 0. The van der Waals surface area contributed by atoms with Gasteiger partial charge < -0.3 is 10.2 Å². The second-order valence-corrected chi connectivity index (χ2v) is 3.32. The molecule has 0 saturated heterocycles. The summed E-state index contributed by atoms with van der Waals surface area (Å²) in [6, 6.07) is 2.15. The van der Waals surface area contributed by atoms with Gasteiger partial charge in [-0.3, -0.25) is 0 Å². The maximum Gasteiger partial charge on any atom is 0.200 e. The minimum Gasteiger partial charge on any atom is -0.505 e. The molecule has 1 rings (SSSR count). The normalized spacial score (nSPS) is 11.8. The van der Waals surface area contributed by atoms with E-state index in [4.69, 9.17) is 5.11 Å². The molecule has 0 bridgehead atoms. The quantitative estimate of drug-likeness (QED) is 0.706. The molecule has 0 aliphatic carbocycles. The van der Waals surface area contributed by atoms with Crippen molar-refractivity contribution in [2.24, 2.45) is 0 Å². The lowest BCUT2D eigenvalue weighted by molar-refractivity contribution is 0.0735. The molecule has 0 aromatic heterocycles. The smallest absolute Gasteiger partial charge is 0.200 e. The molecule has 2 N–H and O–H groups in total. The monoisotopic (exact) mass is 188 g/mol. The van der Waals surface area contributed by atoms with Crippen molar-refractivity contribution in [2.75, 3.05) is 0 Å². The van der Waals surface area contributed by atoms with Crippen LogP contribution in [0.3, 0.4) is 0 Å². The molecule has 0 spiro atoms. The number of hydrogen-bond donors (Lipinski definition) is 2. The molecule has 0 amide bonds. The summed E-state index contributed by atoms with van der Waals surface area (Å²) in [7, 11) is 0. The lowest BCUT2D eigenvalue weighted by atomic mass is 9.97. The van der Waals surface area contributed by atoms with E-state index in [1.807, 2.05) is 0 Å². The highest BCUT2D eigenvalue weighted by Gasteiger charge is 2.24. The van der Waals surface area contributed by atoms with E-state index in [1.54, 1.807) is 0 Å². The first-order valence-corrected chi connectivity index (χ1v) is 3.74. The lowest BCUT2D eigenvalue weighted by Gasteiger charge is -2.18. The van der Waals surface area contributed by atoms with Gasteiger partial charge in [0, 0.05) is 5.56 Å². The Kier molecular flexibility index (Phi) is 2.26. The number of aliphatic hydroxyl groups is 1. The second kappa shape index (κ2) is 2.96. The minimum absolute atomic E-state index is 0.178. The van der Waals surface area contributed by atoms with Crippen molar-refractivity contribution in [3.05, 3.63) is 29.3 Å². The zero-order valence-corrected chi connectivity index (χ0v) is 7.31. The van der Waals surface area contributed by atoms with E-state index in [2.05, 4.69) is 0 Å². The van der Waals surface area contributed by atoms with Crippen LogP contribution in [0.5, 0.6) is 5.75 Å². The van der Waals surface area contributed by atoms with Gasteiger partial charge in [0.2, 0.25) is 5.82 Å². The Hall–Kier alpha value is -1.16. The van der Waals surface area contributed by atoms with Crippen molar-refractivity contribution in [2.45, 2.75) is 19.4 Å². The van der Waals surface area contributed by atoms with Crippen LogP contribution in [0.4, 0.5) is 8.78 Å². The first kappa shape index (κ1) is 9.92. The molecule has 13 heavy (non-hydrogen) atoms. The molecule has 1 aromatic carbocycles. The maximum absolute atomic E-state index is 13.1. The van der Waals surface area contributed by atoms with E-state index in [9.17, 15) is 13.9 Å². The molecule has 0 atom stereocenters. The third-order valence-corrected chi connectivity index (χ3v) is 1.72. The van der Waals surface area contributed by atoms with Crippen molar-refractivity contribution in [1.82, 2.24) is 0 Å². The van der Waals surface area contributed by atoms with Crippen LogP contribution in [0.1, 0.15) is 19.4 Å². The molecular formula is C9H10F2O2. The van der Waals surface area contributed by atoms with Crippen LogP contribution >= 0.6 is 0 Å². The number of halogens is 2. The fraction of sp³-hybridized carbons (Fsp3) is 0.333. The van der Waals surface area contributed by atoms with Gasteiger partial charge in [-0.1, -0.05) is 0 Å². The number of benzene rings is 1. The molecule has 1 aromatic rings. The SMILES string of the molecule is CC(C)(O)c1ccc(O)c(F)c1F. The van der Waals surface area contributed by atoms with E-state index in [0.717, 1.165) is 12.1 Å². The van der Waals surface area contributed by atoms with Crippen LogP contribution in [-0.2, 0) is 5.60 Å². The van der Waals surface area contributed by atoms with Gasteiger partial charge in [0.1, 0.15) is 0 Å².